The third kappa shape index (κ3) is 4.67. The molecule has 4 aromatic rings. The van der Waals surface area contributed by atoms with Crippen LogP contribution in [-0.4, -0.2) is 28.2 Å². The van der Waals surface area contributed by atoms with E-state index in [4.69, 9.17) is 4.74 Å². The van der Waals surface area contributed by atoms with Crippen LogP contribution >= 0.6 is 0 Å². The Hall–Kier alpha value is -3.86. The Morgan fingerprint density at radius 1 is 1.03 bits per heavy atom. The molecule has 11 heteroatoms. The summed E-state index contributed by atoms with van der Waals surface area (Å²) >= 11 is 0. The summed E-state index contributed by atoms with van der Waals surface area (Å²) in [5.74, 6) is -0.375. The molecule has 0 aliphatic carbocycles. The molecule has 0 aliphatic heterocycles. The van der Waals surface area contributed by atoms with Gasteiger partial charge in [-0.2, -0.15) is 10.1 Å². The number of aryl methyl sites for hydroxylation is 1. The van der Waals surface area contributed by atoms with Crippen molar-refractivity contribution < 1.29 is 21.9 Å². The van der Waals surface area contributed by atoms with Crippen LogP contribution in [0.5, 0.6) is 11.6 Å². The van der Waals surface area contributed by atoms with Gasteiger partial charge in [-0.15, -0.1) is 0 Å². The molecule has 31 heavy (non-hydrogen) atoms. The molecule has 2 heterocycles. The molecule has 4 rings (SSSR count). The van der Waals surface area contributed by atoms with Gasteiger partial charge in [-0.25, -0.2) is 26.9 Å². The minimum Gasteiger partial charge on any atom is -0.439 e. The Balaban J connectivity index is 1.51. The first-order valence-corrected chi connectivity index (χ1v) is 10.4. The van der Waals surface area contributed by atoms with Crippen molar-refractivity contribution in [3.8, 4) is 17.4 Å². The van der Waals surface area contributed by atoms with E-state index in [1.807, 2.05) is 0 Å². The van der Waals surface area contributed by atoms with Gasteiger partial charge >= 0.3 is 0 Å². The van der Waals surface area contributed by atoms with E-state index in [-0.39, 0.29) is 11.6 Å². The Kier molecular flexibility index (Phi) is 5.34. The van der Waals surface area contributed by atoms with Crippen molar-refractivity contribution in [2.45, 2.75) is 11.8 Å². The quantitative estimate of drug-likeness (QED) is 0.486. The molecule has 8 nitrogen and oxygen atoms in total. The lowest BCUT2D eigenvalue weighted by molar-refractivity contribution is 0.459. The second-order valence-electron chi connectivity index (χ2n) is 6.37. The van der Waals surface area contributed by atoms with E-state index in [1.165, 1.54) is 24.3 Å². The van der Waals surface area contributed by atoms with E-state index >= 15 is 0 Å². The Morgan fingerprint density at radius 2 is 1.81 bits per heavy atom. The average molecular weight is 443 g/mol. The Labute approximate surface area is 176 Å². The second-order valence-corrected chi connectivity index (χ2v) is 8.02. The van der Waals surface area contributed by atoms with E-state index in [9.17, 15) is 17.2 Å². The van der Waals surface area contributed by atoms with Crippen LogP contribution in [-0.2, 0) is 10.0 Å². The predicted molar refractivity (Wildman–Crippen MR) is 108 cm³/mol. The minimum atomic E-state index is -4.23. The number of halogens is 2. The fourth-order valence-electron chi connectivity index (χ4n) is 2.71. The monoisotopic (exact) mass is 443 g/mol. The highest BCUT2D eigenvalue weighted by atomic mass is 32.2. The summed E-state index contributed by atoms with van der Waals surface area (Å²) in [6, 6.07) is 11.5. The number of nitrogens with one attached hydrogen (secondary N) is 1. The first-order valence-electron chi connectivity index (χ1n) is 8.92. The normalized spacial score (nSPS) is 11.3. The summed E-state index contributed by atoms with van der Waals surface area (Å²) in [5.41, 5.74) is 0.173. The van der Waals surface area contributed by atoms with Crippen LogP contribution in [0, 0.1) is 18.6 Å². The van der Waals surface area contributed by atoms with Gasteiger partial charge in [-0.1, -0.05) is 0 Å². The summed E-state index contributed by atoms with van der Waals surface area (Å²) in [7, 11) is -4.23. The molecular weight excluding hydrogens is 428 g/mol. The highest BCUT2D eigenvalue weighted by molar-refractivity contribution is 7.92. The van der Waals surface area contributed by atoms with Crippen molar-refractivity contribution in [2.24, 2.45) is 0 Å². The lowest BCUT2D eigenvalue weighted by Gasteiger charge is -2.11. The third-order valence-electron chi connectivity index (χ3n) is 4.05. The van der Waals surface area contributed by atoms with Crippen LogP contribution in [0.3, 0.4) is 0 Å². The molecule has 0 saturated heterocycles. The van der Waals surface area contributed by atoms with Crippen LogP contribution in [0.15, 0.2) is 71.9 Å². The fourth-order valence-corrected chi connectivity index (χ4v) is 3.83. The van der Waals surface area contributed by atoms with Crippen molar-refractivity contribution in [3.63, 3.8) is 0 Å². The number of nitrogens with zero attached hydrogens (tertiary/aromatic N) is 4. The SMILES string of the molecule is Cc1nc(Oc2ccc(NS(=O)(=O)c3ccc(F)cc3F)cc2)cc(-n2cccn2)n1. The highest BCUT2D eigenvalue weighted by Gasteiger charge is 2.19. The van der Waals surface area contributed by atoms with Crippen molar-refractivity contribution >= 4 is 15.7 Å². The lowest BCUT2D eigenvalue weighted by Crippen LogP contribution is -2.14. The van der Waals surface area contributed by atoms with E-state index < -0.39 is 26.6 Å². The summed E-state index contributed by atoms with van der Waals surface area (Å²) in [6.07, 6.45) is 3.35. The molecule has 0 fully saturated rings. The van der Waals surface area contributed by atoms with Gasteiger partial charge in [0.05, 0.1) is 0 Å². The first kappa shape index (κ1) is 20.4. The number of rotatable bonds is 6. The number of anilines is 1. The molecule has 0 aliphatic rings. The Morgan fingerprint density at radius 3 is 2.48 bits per heavy atom. The van der Waals surface area contributed by atoms with E-state index in [0.29, 0.717) is 23.5 Å². The number of sulfonamides is 1. The van der Waals surface area contributed by atoms with Gasteiger partial charge in [0.2, 0.25) is 5.88 Å². The smallest absolute Gasteiger partial charge is 0.264 e. The third-order valence-corrected chi connectivity index (χ3v) is 5.47. The average Bonchev–Trinajstić information content (AvgIpc) is 3.23. The largest absolute Gasteiger partial charge is 0.439 e. The maximum Gasteiger partial charge on any atom is 0.264 e. The lowest BCUT2D eigenvalue weighted by atomic mass is 10.3. The van der Waals surface area contributed by atoms with Crippen molar-refractivity contribution in [1.29, 1.82) is 0 Å². The molecule has 2 aromatic heterocycles. The van der Waals surface area contributed by atoms with E-state index in [1.54, 1.807) is 36.1 Å². The van der Waals surface area contributed by atoms with Gasteiger partial charge < -0.3 is 4.74 Å². The van der Waals surface area contributed by atoms with Crippen LogP contribution in [0.2, 0.25) is 0 Å². The summed E-state index contributed by atoms with van der Waals surface area (Å²) in [6.45, 7) is 1.71. The zero-order chi connectivity index (χ0) is 22.0. The molecule has 0 unspecified atom stereocenters. The molecule has 2 aromatic carbocycles. The van der Waals surface area contributed by atoms with E-state index in [2.05, 4.69) is 19.8 Å². The standard InChI is InChI=1S/C20H15F2N5O3S/c1-13-24-19(27-10-2-9-23-27)12-20(25-13)30-16-6-4-15(5-7-16)26-31(28,29)18-8-3-14(21)11-17(18)22/h2-12,26H,1H3. The van der Waals surface area contributed by atoms with Crippen molar-refractivity contribution in [2.75, 3.05) is 4.72 Å². The fraction of sp³-hybridized carbons (Fsp3) is 0.0500. The second kappa shape index (κ2) is 8.11. The highest BCUT2D eigenvalue weighted by Crippen LogP contribution is 2.25. The summed E-state index contributed by atoms with van der Waals surface area (Å²) in [4.78, 5) is 7.86. The van der Waals surface area contributed by atoms with Crippen LogP contribution in [0.4, 0.5) is 14.5 Å². The molecule has 0 saturated carbocycles. The Bertz CT molecular complexity index is 1330. The predicted octanol–water partition coefficient (Wildman–Crippen LogP) is 3.84. The molecule has 0 bridgehead atoms. The van der Waals surface area contributed by atoms with Gasteiger partial charge in [0.15, 0.2) is 5.82 Å². The molecule has 1 N–H and O–H groups in total. The molecular formula is C20H15F2N5O3S. The van der Waals surface area contributed by atoms with Crippen LogP contribution < -0.4 is 9.46 Å². The van der Waals surface area contributed by atoms with Crippen molar-refractivity contribution in [1.82, 2.24) is 19.7 Å². The topological polar surface area (TPSA) is 99.0 Å². The molecule has 0 amide bonds. The van der Waals surface area contributed by atoms with E-state index in [0.717, 1.165) is 12.1 Å². The summed E-state index contributed by atoms with van der Waals surface area (Å²) in [5, 5.41) is 4.12. The number of aromatic nitrogens is 4. The number of hydrogen-bond donors (Lipinski definition) is 1. The molecule has 158 valence electrons. The maximum absolute atomic E-state index is 13.8. The maximum atomic E-state index is 13.8. The molecule has 0 radical (unpaired) electrons. The van der Waals surface area contributed by atoms with Crippen LogP contribution in [0.25, 0.3) is 5.82 Å². The van der Waals surface area contributed by atoms with Gasteiger partial charge in [-0.3, -0.25) is 4.72 Å². The van der Waals surface area contributed by atoms with Gasteiger partial charge in [0, 0.05) is 30.2 Å². The van der Waals surface area contributed by atoms with Gasteiger partial charge in [-0.05, 0) is 49.4 Å². The molecule has 0 spiro atoms. The number of hydrogen-bond acceptors (Lipinski definition) is 6. The molecule has 0 atom stereocenters. The number of benzene rings is 2. The van der Waals surface area contributed by atoms with Crippen LogP contribution in [0.1, 0.15) is 5.82 Å². The minimum absolute atomic E-state index is 0.173. The van der Waals surface area contributed by atoms with Crippen molar-refractivity contribution in [3.05, 3.63) is 84.4 Å². The number of ether oxygens (including phenoxy) is 1. The van der Waals surface area contributed by atoms with Gasteiger partial charge in [0.1, 0.15) is 28.1 Å². The van der Waals surface area contributed by atoms with Gasteiger partial charge in [0.25, 0.3) is 10.0 Å². The first-order chi connectivity index (χ1) is 14.8. The zero-order valence-electron chi connectivity index (χ0n) is 16.0. The zero-order valence-corrected chi connectivity index (χ0v) is 16.8. The summed E-state index contributed by atoms with van der Waals surface area (Å²) < 4.78 is 61.1.